The van der Waals surface area contributed by atoms with Crippen molar-refractivity contribution in [3.63, 3.8) is 0 Å². The molecule has 0 unspecified atom stereocenters. The van der Waals surface area contributed by atoms with Crippen LogP contribution in [-0.2, 0) is 13.5 Å². The first-order chi connectivity index (χ1) is 17.3. The van der Waals surface area contributed by atoms with Gasteiger partial charge in [0.2, 0.25) is 5.95 Å². The van der Waals surface area contributed by atoms with Gasteiger partial charge >= 0.3 is 0 Å². The summed E-state index contributed by atoms with van der Waals surface area (Å²) in [6.45, 7) is 5.77. The lowest BCUT2D eigenvalue weighted by Crippen LogP contribution is -2.46. The minimum Gasteiger partial charge on any atom is -0.382 e. The fourth-order valence-electron chi connectivity index (χ4n) is 5.90. The molecule has 1 aliphatic heterocycles. The molecule has 184 valence electrons. The van der Waals surface area contributed by atoms with Crippen LogP contribution in [0.15, 0.2) is 54.1 Å². The first kappa shape index (κ1) is 22.8. The largest absolute Gasteiger partial charge is 0.382 e. The van der Waals surface area contributed by atoms with Gasteiger partial charge in [-0.3, -0.25) is 9.36 Å². The third kappa shape index (κ3) is 3.36. The van der Waals surface area contributed by atoms with Crippen molar-refractivity contribution >= 4 is 40.0 Å². The predicted octanol–water partition coefficient (Wildman–Crippen LogP) is 3.80. The highest BCUT2D eigenvalue weighted by Crippen LogP contribution is 2.50. The van der Waals surface area contributed by atoms with E-state index in [1.54, 1.807) is 30.1 Å². The SMILES string of the molecule is C=C(c1cnc(N)c(Cl)c1)c1c[nH]c2nc(N3CCC4(CC3)Cc3ccccc3[C@H]4N)n(C)c(=O)c12. The van der Waals surface area contributed by atoms with Gasteiger partial charge in [0.25, 0.3) is 5.56 Å². The smallest absolute Gasteiger partial charge is 0.264 e. The maximum absolute atomic E-state index is 13.5. The summed E-state index contributed by atoms with van der Waals surface area (Å²) in [5.74, 6) is 0.905. The number of aromatic nitrogens is 4. The Hall–Kier alpha value is -3.62. The lowest BCUT2D eigenvalue weighted by atomic mass is 9.73. The van der Waals surface area contributed by atoms with Gasteiger partial charge in [0.15, 0.2) is 0 Å². The summed E-state index contributed by atoms with van der Waals surface area (Å²) in [7, 11) is 1.77. The number of fused-ring (bicyclic) bond motifs is 2. The van der Waals surface area contributed by atoms with Crippen molar-refractivity contribution in [3.8, 4) is 0 Å². The molecule has 36 heavy (non-hydrogen) atoms. The van der Waals surface area contributed by atoms with Crippen LogP contribution >= 0.6 is 11.6 Å². The first-order valence-corrected chi connectivity index (χ1v) is 12.4. The molecule has 5 N–H and O–H groups in total. The molecule has 0 radical (unpaired) electrons. The summed E-state index contributed by atoms with van der Waals surface area (Å²) in [5, 5.41) is 0.829. The van der Waals surface area contributed by atoms with Crippen LogP contribution in [0, 0.1) is 5.41 Å². The zero-order chi connectivity index (χ0) is 25.2. The van der Waals surface area contributed by atoms with Crippen molar-refractivity contribution in [2.75, 3.05) is 23.7 Å². The number of hydrogen-bond acceptors (Lipinski definition) is 6. The van der Waals surface area contributed by atoms with E-state index in [0.717, 1.165) is 32.4 Å². The monoisotopic (exact) mass is 501 g/mol. The van der Waals surface area contributed by atoms with E-state index in [9.17, 15) is 4.79 Å². The average Bonchev–Trinajstić information content (AvgIpc) is 3.43. The van der Waals surface area contributed by atoms with Crippen molar-refractivity contribution in [2.45, 2.75) is 25.3 Å². The van der Waals surface area contributed by atoms with Gasteiger partial charge in [-0.15, -0.1) is 0 Å². The molecule has 1 saturated heterocycles. The number of nitrogens with two attached hydrogens (primary N) is 2. The number of H-pyrrole nitrogens is 1. The van der Waals surface area contributed by atoms with Crippen LogP contribution in [0.2, 0.25) is 5.02 Å². The molecule has 0 amide bonds. The number of anilines is 2. The highest BCUT2D eigenvalue weighted by atomic mass is 35.5. The van der Waals surface area contributed by atoms with Gasteiger partial charge in [-0.2, -0.15) is 4.98 Å². The van der Waals surface area contributed by atoms with Crippen LogP contribution in [0.1, 0.15) is 41.1 Å². The molecule has 1 fully saturated rings. The Morgan fingerprint density at radius 2 is 2.03 bits per heavy atom. The fourth-order valence-corrected chi connectivity index (χ4v) is 6.06. The summed E-state index contributed by atoms with van der Waals surface area (Å²) in [6.07, 6.45) is 6.28. The molecule has 0 bridgehead atoms. The molecule has 6 rings (SSSR count). The zero-order valence-electron chi connectivity index (χ0n) is 20.1. The Morgan fingerprint density at radius 1 is 1.28 bits per heavy atom. The molecule has 9 heteroatoms. The second-order valence-electron chi connectivity index (χ2n) is 9.97. The molecule has 1 aromatic carbocycles. The molecule has 1 aliphatic carbocycles. The van der Waals surface area contributed by atoms with Gasteiger partial charge < -0.3 is 21.4 Å². The number of nitrogens with zero attached hydrogens (tertiary/aromatic N) is 4. The minimum atomic E-state index is -0.132. The van der Waals surface area contributed by atoms with E-state index in [4.69, 9.17) is 28.1 Å². The van der Waals surface area contributed by atoms with E-state index >= 15 is 0 Å². The molecule has 2 aliphatic rings. The predicted molar refractivity (Wildman–Crippen MR) is 144 cm³/mol. The molecule has 3 aromatic heterocycles. The van der Waals surface area contributed by atoms with Crippen LogP contribution in [-0.4, -0.2) is 32.6 Å². The van der Waals surface area contributed by atoms with Gasteiger partial charge in [0, 0.05) is 49.7 Å². The molecule has 0 saturated carbocycles. The number of rotatable bonds is 3. The standard InChI is InChI=1S/C27H28ClN7O/c1-15(17-11-20(28)23(30)31-13-17)19-14-32-24-21(19)25(36)34(2)26(33-24)35-9-7-27(8-10-35)12-16-5-3-4-6-18(16)22(27)29/h3-6,11,13-14,22,32H,1,7-10,12,29H2,2H3,(H2,30,31)/t22-/m1/s1. The Bertz CT molecular complexity index is 1580. The van der Waals surface area contributed by atoms with Crippen LogP contribution in [0.25, 0.3) is 16.6 Å². The molecule has 1 spiro atoms. The van der Waals surface area contributed by atoms with E-state index < -0.39 is 0 Å². The molecule has 8 nitrogen and oxygen atoms in total. The van der Waals surface area contributed by atoms with Crippen LogP contribution < -0.4 is 21.9 Å². The number of benzene rings is 1. The zero-order valence-corrected chi connectivity index (χ0v) is 20.8. The van der Waals surface area contributed by atoms with E-state index in [2.05, 4.69) is 45.7 Å². The van der Waals surface area contributed by atoms with Crippen LogP contribution in [0.4, 0.5) is 11.8 Å². The number of aromatic amines is 1. The molecule has 4 heterocycles. The van der Waals surface area contributed by atoms with Crippen molar-refractivity contribution < 1.29 is 0 Å². The van der Waals surface area contributed by atoms with Gasteiger partial charge in [-0.05, 0) is 47.4 Å². The van der Waals surface area contributed by atoms with Gasteiger partial charge in [0.1, 0.15) is 11.5 Å². The lowest BCUT2D eigenvalue weighted by molar-refractivity contribution is 0.186. The highest BCUT2D eigenvalue weighted by molar-refractivity contribution is 6.32. The second kappa shape index (κ2) is 8.21. The van der Waals surface area contributed by atoms with Crippen LogP contribution in [0.5, 0.6) is 0 Å². The average molecular weight is 502 g/mol. The Morgan fingerprint density at radius 3 is 2.75 bits per heavy atom. The summed E-state index contributed by atoms with van der Waals surface area (Å²) >= 11 is 6.15. The van der Waals surface area contributed by atoms with E-state index in [1.165, 1.54) is 11.1 Å². The third-order valence-corrected chi connectivity index (χ3v) is 8.37. The van der Waals surface area contributed by atoms with Gasteiger partial charge in [-0.25, -0.2) is 4.98 Å². The van der Waals surface area contributed by atoms with Crippen molar-refractivity contribution in [3.05, 3.63) is 86.9 Å². The Kier molecular flexibility index (Phi) is 5.21. The Labute approximate surface area is 213 Å². The summed E-state index contributed by atoms with van der Waals surface area (Å²) in [6, 6.07) is 10.3. The third-order valence-electron chi connectivity index (χ3n) is 8.07. The van der Waals surface area contributed by atoms with Gasteiger partial charge in [-0.1, -0.05) is 42.4 Å². The maximum atomic E-state index is 13.5. The minimum absolute atomic E-state index is 0.0448. The number of piperidine rings is 1. The summed E-state index contributed by atoms with van der Waals surface area (Å²) < 4.78 is 1.63. The fraction of sp³-hybridized carbons (Fsp3) is 0.296. The number of pyridine rings is 1. The number of halogens is 1. The normalized spacial score (nSPS) is 18.6. The quantitative estimate of drug-likeness (QED) is 0.393. The molecule has 1 atom stereocenters. The van der Waals surface area contributed by atoms with Crippen molar-refractivity contribution in [2.24, 2.45) is 18.2 Å². The van der Waals surface area contributed by atoms with Crippen LogP contribution in [0.3, 0.4) is 0 Å². The number of nitrogens with one attached hydrogen (secondary N) is 1. The van der Waals surface area contributed by atoms with E-state index in [1.807, 2.05) is 0 Å². The number of hydrogen-bond donors (Lipinski definition) is 3. The molecule has 4 aromatic rings. The van der Waals surface area contributed by atoms with E-state index in [0.29, 0.717) is 38.7 Å². The Balaban J connectivity index is 1.29. The van der Waals surface area contributed by atoms with Gasteiger partial charge in [0.05, 0.1) is 10.4 Å². The summed E-state index contributed by atoms with van der Waals surface area (Å²) in [4.78, 5) is 27.9. The molecular formula is C27H28ClN7O. The summed E-state index contributed by atoms with van der Waals surface area (Å²) in [5.41, 5.74) is 17.6. The first-order valence-electron chi connectivity index (χ1n) is 12.1. The lowest BCUT2D eigenvalue weighted by Gasteiger charge is -2.42. The maximum Gasteiger partial charge on any atom is 0.264 e. The van der Waals surface area contributed by atoms with Crippen molar-refractivity contribution in [1.82, 2.24) is 19.5 Å². The highest BCUT2D eigenvalue weighted by Gasteiger charge is 2.46. The van der Waals surface area contributed by atoms with Crippen molar-refractivity contribution in [1.29, 1.82) is 0 Å². The molecular weight excluding hydrogens is 474 g/mol. The topological polar surface area (TPSA) is 119 Å². The van der Waals surface area contributed by atoms with E-state index in [-0.39, 0.29) is 22.8 Å². The number of nitrogen functional groups attached to an aromatic ring is 1. The second-order valence-corrected chi connectivity index (χ2v) is 10.4.